The Morgan fingerprint density at radius 2 is 1.76 bits per heavy atom. The van der Waals surface area contributed by atoms with Crippen molar-refractivity contribution >= 4 is 23.5 Å². The number of aliphatic hydroxyl groups is 1. The molecule has 5 heteroatoms. The summed E-state index contributed by atoms with van der Waals surface area (Å²) in [5, 5.41) is 10.2. The van der Waals surface area contributed by atoms with Gasteiger partial charge in [-0.1, -0.05) is 12.1 Å². The zero-order chi connectivity index (χ0) is 15.3. The quantitative estimate of drug-likeness (QED) is 0.858. The van der Waals surface area contributed by atoms with Gasteiger partial charge in [-0.25, -0.2) is 0 Å². The second kappa shape index (κ2) is 4.80. The summed E-state index contributed by atoms with van der Waals surface area (Å²) in [6, 6.07) is 7.69. The maximum Gasteiger partial charge on any atom is 0.495 e. The maximum absolute atomic E-state index is 9.24. The van der Waals surface area contributed by atoms with E-state index in [1.54, 1.807) is 6.20 Å². The summed E-state index contributed by atoms with van der Waals surface area (Å²) >= 11 is 0. The van der Waals surface area contributed by atoms with Crippen molar-refractivity contribution in [1.29, 1.82) is 0 Å². The summed E-state index contributed by atoms with van der Waals surface area (Å²) < 4.78 is 12.2. The molecule has 21 heavy (non-hydrogen) atoms. The Bertz CT molecular complexity index is 668. The average Bonchev–Trinajstić information content (AvgIpc) is 2.66. The number of aromatic nitrogens is 1. The molecule has 3 rings (SSSR count). The number of hydrogen-bond donors (Lipinski definition) is 1. The molecule has 1 aromatic heterocycles. The van der Waals surface area contributed by atoms with Crippen molar-refractivity contribution in [3.63, 3.8) is 0 Å². The van der Waals surface area contributed by atoms with Crippen molar-refractivity contribution in [2.75, 3.05) is 0 Å². The van der Waals surface area contributed by atoms with Gasteiger partial charge in [0.1, 0.15) is 0 Å². The second-order valence-electron chi connectivity index (χ2n) is 6.50. The Morgan fingerprint density at radius 3 is 2.38 bits per heavy atom. The number of benzene rings is 1. The third kappa shape index (κ3) is 2.35. The van der Waals surface area contributed by atoms with Crippen molar-refractivity contribution < 1.29 is 14.4 Å². The maximum atomic E-state index is 9.24. The van der Waals surface area contributed by atoms with Gasteiger partial charge in [0.05, 0.1) is 23.3 Å². The highest BCUT2D eigenvalue weighted by molar-refractivity contribution is 6.65. The Morgan fingerprint density at radius 1 is 1.10 bits per heavy atom. The van der Waals surface area contributed by atoms with Crippen LogP contribution in [0.1, 0.15) is 33.3 Å². The average molecular weight is 285 g/mol. The Kier molecular flexibility index (Phi) is 3.32. The molecule has 0 radical (unpaired) electrons. The van der Waals surface area contributed by atoms with Crippen LogP contribution in [0.3, 0.4) is 0 Å². The topological polar surface area (TPSA) is 51.6 Å². The highest BCUT2D eigenvalue weighted by Gasteiger charge is 2.52. The molecule has 0 bridgehead atoms. The first kappa shape index (κ1) is 14.5. The van der Waals surface area contributed by atoms with Gasteiger partial charge in [0.15, 0.2) is 0 Å². The predicted molar refractivity (Wildman–Crippen MR) is 83.4 cm³/mol. The summed E-state index contributed by atoms with van der Waals surface area (Å²) in [4.78, 5) is 4.37. The van der Waals surface area contributed by atoms with Gasteiger partial charge in [-0.3, -0.25) is 4.98 Å². The van der Waals surface area contributed by atoms with E-state index >= 15 is 0 Å². The Hall–Kier alpha value is -1.43. The first-order valence-electron chi connectivity index (χ1n) is 7.18. The fraction of sp³-hybridized carbons (Fsp3) is 0.438. The zero-order valence-corrected chi connectivity index (χ0v) is 12.9. The Labute approximate surface area is 125 Å². The summed E-state index contributed by atoms with van der Waals surface area (Å²) in [5.74, 6) is 0. The molecular formula is C16H20BNO3. The van der Waals surface area contributed by atoms with Crippen molar-refractivity contribution in [2.24, 2.45) is 0 Å². The molecule has 0 saturated carbocycles. The van der Waals surface area contributed by atoms with E-state index in [0.717, 1.165) is 21.9 Å². The molecule has 4 nitrogen and oxygen atoms in total. The molecule has 0 atom stereocenters. The van der Waals surface area contributed by atoms with Gasteiger partial charge < -0.3 is 14.4 Å². The smallest absolute Gasteiger partial charge is 0.399 e. The largest absolute Gasteiger partial charge is 0.495 e. The molecule has 0 unspecified atom stereocenters. The molecule has 2 heterocycles. The summed E-state index contributed by atoms with van der Waals surface area (Å²) in [7, 11) is -0.402. The minimum atomic E-state index is -0.402. The van der Waals surface area contributed by atoms with E-state index in [1.165, 1.54) is 0 Å². The van der Waals surface area contributed by atoms with Gasteiger partial charge in [0, 0.05) is 6.20 Å². The van der Waals surface area contributed by atoms with Gasteiger partial charge in [-0.05, 0) is 56.2 Å². The van der Waals surface area contributed by atoms with Crippen LogP contribution in [0.15, 0.2) is 30.5 Å². The van der Waals surface area contributed by atoms with E-state index in [4.69, 9.17) is 9.31 Å². The van der Waals surface area contributed by atoms with E-state index in [1.807, 2.05) is 52.0 Å². The highest BCUT2D eigenvalue weighted by atomic mass is 16.7. The molecule has 2 aromatic rings. The van der Waals surface area contributed by atoms with E-state index in [-0.39, 0.29) is 17.8 Å². The van der Waals surface area contributed by atoms with Crippen LogP contribution < -0.4 is 5.46 Å². The van der Waals surface area contributed by atoms with Crippen LogP contribution >= 0.6 is 0 Å². The van der Waals surface area contributed by atoms with E-state index in [9.17, 15) is 5.11 Å². The summed E-state index contributed by atoms with van der Waals surface area (Å²) in [6.07, 6.45) is 1.75. The molecule has 1 N–H and O–H groups in total. The first-order valence-corrected chi connectivity index (χ1v) is 7.18. The lowest BCUT2D eigenvalue weighted by Gasteiger charge is -2.32. The van der Waals surface area contributed by atoms with Gasteiger partial charge in [-0.2, -0.15) is 0 Å². The molecule has 1 aliphatic rings. The van der Waals surface area contributed by atoms with Gasteiger partial charge in [0.25, 0.3) is 0 Å². The first-order chi connectivity index (χ1) is 9.84. The van der Waals surface area contributed by atoms with E-state index in [0.29, 0.717) is 0 Å². The molecule has 1 fully saturated rings. The van der Waals surface area contributed by atoms with Gasteiger partial charge in [-0.15, -0.1) is 0 Å². The molecule has 0 aliphatic carbocycles. The number of fused-ring (bicyclic) bond motifs is 1. The van der Waals surface area contributed by atoms with Crippen molar-refractivity contribution in [1.82, 2.24) is 4.98 Å². The second-order valence-corrected chi connectivity index (χ2v) is 6.50. The van der Waals surface area contributed by atoms with E-state index < -0.39 is 7.12 Å². The monoisotopic (exact) mass is 285 g/mol. The molecule has 0 amide bonds. The van der Waals surface area contributed by atoms with Gasteiger partial charge in [0.2, 0.25) is 0 Å². The lowest BCUT2D eigenvalue weighted by molar-refractivity contribution is 0.00578. The molecule has 1 saturated heterocycles. The van der Waals surface area contributed by atoms with Crippen molar-refractivity contribution in [2.45, 2.75) is 45.5 Å². The SMILES string of the molecule is CC1(C)OB(c2ccnc3cc(CO)ccc23)OC1(C)C. The normalized spacial score (nSPS) is 20.1. The van der Waals surface area contributed by atoms with Crippen LogP contribution in [0.4, 0.5) is 0 Å². The zero-order valence-electron chi connectivity index (χ0n) is 12.9. The number of pyridine rings is 1. The molecule has 0 spiro atoms. The third-order valence-electron chi connectivity index (χ3n) is 4.53. The molecule has 1 aliphatic heterocycles. The van der Waals surface area contributed by atoms with Crippen LogP contribution in [0.25, 0.3) is 10.9 Å². The van der Waals surface area contributed by atoms with Crippen LogP contribution in [-0.4, -0.2) is 28.4 Å². The van der Waals surface area contributed by atoms with Crippen LogP contribution in [-0.2, 0) is 15.9 Å². The number of aliphatic hydroxyl groups excluding tert-OH is 1. The minimum absolute atomic E-state index is 0.0122. The lowest BCUT2D eigenvalue weighted by atomic mass is 9.77. The standard InChI is InChI=1S/C16H20BNO3/c1-15(2)16(3,4)21-17(20-15)13-7-8-18-14-9-11(10-19)5-6-12(13)14/h5-9,19H,10H2,1-4H3. The van der Waals surface area contributed by atoms with Crippen LogP contribution in [0, 0.1) is 0 Å². The number of hydrogen-bond acceptors (Lipinski definition) is 4. The summed E-state index contributed by atoms with van der Waals surface area (Å²) in [6.45, 7) is 8.18. The van der Waals surface area contributed by atoms with Crippen LogP contribution in [0.2, 0.25) is 0 Å². The predicted octanol–water partition coefficient (Wildman–Crippen LogP) is 2.03. The van der Waals surface area contributed by atoms with E-state index in [2.05, 4.69) is 4.98 Å². The molecule has 1 aromatic carbocycles. The van der Waals surface area contributed by atoms with Crippen molar-refractivity contribution in [3.8, 4) is 0 Å². The van der Waals surface area contributed by atoms with Crippen molar-refractivity contribution in [3.05, 3.63) is 36.0 Å². The fourth-order valence-corrected chi connectivity index (χ4v) is 2.49. The molecular weight excluding hydrogens is 265 g/mol. The lowest BCUT2D eigenvalue weighted by Crippen LogP contribution is -2.41. The molecule has 110 valence electrons. The minimum Gasteiger partial charge on any atom is -0.399 e. The highest BCUT2D eigenvalue weighted by Crippen LogP contribution is 2.36. The number of nitrogens with zero attached hydrogens (tertiary/aromatic N) is 1. The summed E-state index contributed by atoms with van der Waals surface area (Å²) in [5.41, 5.74) is 1.94. The van der Waals surface area contributed by atoms with Crippen LogP contribution in [0.5, 0.6) is 0 Å². The Balaban J connectivity index is 2.06. The number of rotatable bonds is 2. The fourth-order valence-electron chi connectivity index (χ4n) is 2.49. The van der Waals surface area contributed by atoms with Gasteiger partial charge >= 0.3 is 7.12 Å². The third-order valence-corrected chi connectivity index (χ3v) is 4.53.